The van der Waals surface area contributed by atoms with Crippen molar-refractivity contribution in [1.29, 1.82) is 0 Å². The van der Waals surface area contributed by atoms with E-state index < -0.39 is 0 Å². The first-order chi connectivity index (χ1) is 7.72. The van der Waals surface area contributed by atoms with Crippen molar-refractivity contribution in [1.82, 2.24) is 14.9 Å². The second kappa shape index (κ2) is 3.86. The van der Waals surface area contributed by atoms with Gasteiger partial charge >= 0.3 is 0 Å². The summed E-state index contributed by atoms with van der Waals surface area (Å²) >= 11 is 5.78. The van der Waals surface area contributed by atoms with E-state index in [-0.39, 0.29) is 0 Å². The molecule has 3 rings (SSSR count). The standard InChI is InChI=1S/C11H15ClN4/c1-15-4-8-6-16(7-9(8)5-15)11-13-2-10(12)3-14-11/h2-3,8-9H,4-7H2,1H3. The van der Waals surface area contributed by atoms with Crippen molar-refractivity contribution in [2.45, 2.75) is 0 Å². The molecule has 86 valence electrons. The number of hydrogen-bond donors (Lipinski definition) is 0. The maximum absolute atomic E-state index is 5.78. The zero-order valence-electron chi connectivity index (χ0n) is 9.30. The van der Waals surface area contributed by atoms with Crippen LogP contribution in [0.2, 0.25) is 5.02 Å². The number of hydrogen-bond acceptors (Lipinski definition) is 4. The molecule has 2 atom stereocenters. The van der Waals surface area contributed by atoms with Crippen LogP contribution in [0.4, 0.5) is 5.95 Å². The van der Waals surface area contributed by atoms with Gasteiger partial charge in [0.15, 0.2) is 0 Å². The lowest BCUT2D eigenvalue weighted by Gasteiger charge is -2.18. The molecule has 2 fully saturated rings. The van der Waals surface area contributed by atoms with Crippen LogP contribution in [0.3, 0.4) is 0 Å². The maximum Gasteiger partial charge on any atom is 0.225 e. The van der Waals surface area contributed by atoms with Crippen molar-refractivity contribution in [2.75, 3.05) is 38.1 Å². The first-order valence-electron chi connectivity index (χ1n) is 5.63. The third-order valence-electron chi connectivity index (χ3n) is 3.56. The summed E-state index contributed by atoms with van der Waals surface area (Å²) in [6, 6.07) is 0. The van der Waals surface area contributed by atoms with E-state index in [1.54, 1.807) is 12.4 Å². The first-order valence-corrected chi connectivity index (χ1v) is 6.01. The number of fused-ring (bicyclic) bond motifs is 1. The molecule has 0 saturated carbocycles. The SMILES string of the molecule is CN1CC2CN(c3ncc(Cl)cn3)CC2C1. The van der Waals surface area contributed by atoms with E-state index in [9.17, 15) is 0 Å². The number of anilines is 1. The molecule has 0 spiro atoms. The van der Waals surface area contributed by atoms with E-state index in [2.05, 4.69) is 26.8 Å². The van der Waals surface area contributed by atoms with Crippen LogP contribution in [0.1, 0.15) is 0 Å². The molecule has 4 nitrogen and oxygen atoms in total. The molecule has 0 N–H and O–H groups in total. The van der Waals surface area contributed by atoms with Gasteiger partial charge in [0.05, 0.1) is 17.4 Å². The molecule has 0 bridgehead atoms. The second-order valence-corrected chi connectivity index (χ2v) is 5.28. The van der Waals surface area contributed by atoms with Crippen LogP contribution < -0.4 is 4.90 Å². The highest BCUT2D eigenvalue weighted by Gasteiger charge is 2.39. The molecular weight excluding hydrogens is 224 g/mol. The minimum absolute atomic E-state index is 0.600. The number of likely N-dealkylation sites (tertiary alicyclic amines) is 1. The highest BCUT2D eigenvalue weighted by Crippen LogP contribution is 2.31. The lowest BCUT2D eigenvalue weighted by Crippen LogP contribution is -2.27. The van der Waals surface area contributed by atoms with Crippen LogP contribution >= 0.6 is 11.6 Å². The molecule has 2 aliphatic heterocycles. The molecule has 2 unspecified atom stereocenters. The van der Waals surface area contributed by atoms with Crippen molar-refractivity contribution < 1.29 is 0 Å². The molecule has 1 aromatic rings. The fraction of sp³-hybridized carbons (Fsp3) is 0.636. The number of rotatable bonds is 1. The summed E-state index contributed by atoms with van der Waals surface area (Å²) in [7, 11) is 2.20. The minimum atomic E-state index is 0.600. The molecule has 3 heterocycles. The van der Waals surface area contributed by atoms with Crippen LogP contribution in [0.5, 0.6) is 0 Å². The van der Waals surface area contributed by atoms with Gasteiger partial charge in [0.25, 0.3) is 0 Å². The fourth-order valence-electron chi connectivity index (χ4n) is 2.86. The van der Waals surface area contributed by atoms with Gasteiger partial charge in [-0.3, -0.25) is 0 Å². The van der Waals surface area contributed by atoms with Crippen molar-refractivity contribution >= 4 is 17.5 Å². The molecule has 0 aliphatic carbocycles. The zero-order valence-corrected chi connectivity index (χ0v) is 10.1. The summed E-state index contributed by atoms with van der Waals surface area (Å²) in [4.78, 5) is 13.2. The van der Waals surface area contributed by atoms with Gasteiger partial charge < -0.3 is 9.80 Å². The molecule has 0 aromatic carbocycles. The molecule has 16 heavy (non-hydrogen) atoms. The summed E-state index contributed by atoms with van der Waals surface area (Å²) in [6.45, 7) is 4.57. The van der Waals surface area contributed by atoms with Crippen molar-refractivity contribution in [3.63, 3.8) is 0 Å². The van der Waals surface area contributed by atoms with E-state index in [0.29, 0.717) is 5.02 Å². The normalized spacial score (nSPS) is 29.8. The Morgan fingerprint density at radius 1 is 1.12 bits per heavy atom. The van der Waals surface area contributed by atoms with Crippen LogP contribution in [0, 0.1) is 11.8 Å². The average molecular weight is 239 g/mol. The summed E-state index contributed by atoms with van der Waals surface area (Å²) in [5, 5.41) is 0.600. The number of aromatic nitrogens is 2. The topological polar surface area (TPSA) is 32.3 Å². The molecule has 0 amide bonds. The zero-order chi connectivity index (χ0) is 11.1. The van der Waals surface area contributed by atoms with E-state index in [4.69, 9.17) is 11.6 Å². The molecular formula is C11H15ClN4. The van der Waals surface area contributed by atoms with E-state index >= 15 is 0 Å². The van der Waals surface area contributed by atoms with Gasteiger partial charge in [0.1, 0.15) is 0 Å². The third kappa shape index (κ3) is 1.76. The van der Waals surface area contributed by atoms with Crippen LogP contribution in [0.25, 0.3) is 0 Å². The Kier molecular flexibility index (Phi) is 2.48. The Morgan fingerprint density at radius 2 is 1.69 bits per heavy atom. The van der Waals surface area contributed by atoms with Crippen molar-refractivity contribution in [3.05, 3.63) is 17.4 Å². The third-order valence-corrected chi connectivity index (χ3v) is 3.75. The van der Waals surface area contributed by atoms with Gasteiger partial charge in [-0.25, -0.2) is 9.97 Å². The molecule has 5 heteroatoms. The maximum atomic E-state index is 5.78. The average Bonchev–Trinajstić information content (AvgIpc) is 2.75. The number of halogens is 1. The van der Waals surface area contributed by atoms with Gasteiger partial charge in [-0.1, -0.05) is 11.6 Å². The van der Waals surface area contributed by atoms with Gasteiger partial charge in [-0.15, -0.1) is 0 Å². The first kappa shape index (κ1) is 10.3. The van der Waals surface area contributed by atoms with Gasteiger partial charge in [0.2, 0.25) is 5.95 Å². The summed E-state index contributed by atoms with van der Waals surface area (Å²) in [5.74, 6) is 2.38. The molecule has 1 aromatic heterocycles. The molecule has 2 aliphatic rings. The van der Waals surface area contributed by atoms with E-state index in [0.717, 1.165) is 30.9 Å². The predicted octanol–water partition coefficient (Wildman–Crippen LogP) is 1.13. The van der Waals surface area contributed by atoms with Gasteiger partial charge in [-0.2, -0.15) is 0 Å². The summed E-state index contributed by atoms with van der Waals surface area (Å²) < 4.78 is 0. The largest absolute Gasteiger partial charge is 0.340 e. The predicted molar refractivity (Wildman–Crippen MR) is 63.7 cm³/mol. The lowest BCUT2D eigenvalue weighted by molar-refractivity contribution is 0.386. The summed E-state index contributed by atoms with van der Waals surface area (Å²) in [5.41, 5.74) is 0. The minimum Gasteiger partial charge on any atom is -0.340 e. The monoisotopic (exact) mass is 238 g/mol. The highest BCUT2D eigenvalue weighted by atomic mass is 35.5. The Bertz CT molecular complexity index is 366. The van der Waals surface area contributed by atoms with Gasteiger partial charge in [-0.05, 0) is 18.9 Å². The fourth-order valence-corrected chi connectivity index (χ4v) is 2.96. The van der Waals surface area contributed by atoms with Crippen molar-refractivity contribution in [3.8, 4) is 0 Å². The Morgan fingerprint density at radius 3 is 2.25 bits per heavy atom. The van der Waals surface area contributed by atoms with Crippen LogP contribution in [-0.2, 0) is 0 Å². The van der Waals surface area contributed by atoms with Crippen molar-refractivity contribution in [2.24, 2.45) is 11.8 Å². The van der Waals surface area contributed by atoms with E-state index in [1.165, 1.54) is 13.1 Å². The highest BCUT2D eigenvalue weighted by molar-refractivity contribution is 6.30. The Balaban J connectivity index is 1.73. The van der Waals surface area contributed by atoms with E-state index in [1.807, 2.05) is 0 Å². The Hall–Kier alpha value is -0.870. The summed E-state index contributed by atoms with van der Waals surface area (Å²) in [6.07, 6.45) is 3.34. The van der Waals surface area contributed by atoms with Gasteiger partial charge in [0, 0.05) is 26.2 Å². The Labute approximate surface area is 100 Å². The quantitative estimate of drug-likeness (QED) is 0.734. The molecule has 0 radical (unpaired) electrons. The smallest absolute Gasteiger partial charge is 0.225 e. The number of nitrogens with zero attached hydrogens (tertiary/aromatic N) is 4. The lowest BCUT2D eigenvalue weighted by atomic mass is 10.0. The second-order valence-electron chi connectivity index (χ2n) is 4.85. The van der Waals surface area contributed by atoms with Crippen LogP contribution in [-0.4, -0.2) is 48.1 Å². The molecule has 2 saturated heterocycles. The van der Waals surface area contributed by atoms with Crippen LogP contribution in [0.15, 0.2) is 12.4 Å².